The second-order valence-corrected chi connectivity index (χ2v) is 4.90. The van der Waals surface area contributed by atoms with Crippen molar-refractivity contribution >= 4 is 29.0 Å². The third-order valence-corrected chi connectivity index (χ3v) is 3.44. The van der Waals surface area contributed by atoms with Crippen LogP contribution >= 0.6 is 0 Å². The molecule has 0 spiro atoms. The molecule has 0 aliphatic carbocycles. The van der Waals surface area contributed by atoms with E-state index in [4.69, 9.17) is 4.74 Å². The van der Waals surface area contributed by atoms with Gasteiger partial charge in [0, 0.05) is 12.4 Å². The third-order valence-electron chi connectivity index (χ3n) is 3.44. The molecule has 7 heteroatoms. The van der Waals surface area contributed by atoms with Gasteiger partial charge in [-0.1, -0.05) is 5.21 Å². The van der Waals surface area contributed by atoms with E-state index in [1.54, 1.807) is 48.3 Å². The fraction of sp³-hybridized carbons (Fsp3) is 0.125. The lowest BCUT2D eigenvalue weighted by atomic mass is 10.1. The number of carboxylic acid groups (broad SMARTS) is 1. The van der Waals surface area contributed by atoms with Crippen LogP contribution in [0.2, 0.25) is 0 Å². The van der Waals surface area contributed by atoms with Crippen molar-refractivity contribution in [3.63, 3.8) is 0 Å². The second kappa shape index (κ2) is 5.88. The number of pyridine rings is 1. The summed E-state index contributed by atoms with van der Waals surface area (Å²) in [6.07, 6.45) is 5.12. The molecule has 0 atom stereocenters. The molecule has 0 amide bonds. The van der Waals surface area contributed by atoms with Gasteiger partial charge < -0.3 is 9.84 Å². The van der Waals surface area contributed by atoms with Gasteiger partial charge in [-0.05, 0) is 36.4 Å². The number of aromatic nitrogens is 4. The Morgan fingerprint density at radius 2 is 2.13 bits per heavy atom. The number of carboxylic acids is 1. The molecule has 0 radical (unpaired) electrons. The Morgan fingerprint density at radius 3 is 2.78 bits per heavy atom. The Morgan fingerprint density at radius 1 is 1.30 bits per heavy atom. The Balaban J connectivity index is 2.10. The van der Waals surface area contributed by atoms with Crippen LogP contribution in [0, 0.1) is 0 Å². The fourth-order valence-electron chi connectivity index (χ4n) is 2.23. The van der Waals surface area contributed by atoms with E-state index in [-0.39, 0.29) is 5.56 Å². The zero-order valence-electron chi connectivity index (χ0n) is 12.6. The number of rotatable bonds is 4. The van der Waals surface area contributed by atoms with Crippen LogP contribution < -0.4 is 4.74 Å². The lowest BCUT2D eigenvalue weighted by Gasteiger charge is -2.06. The van der Waals surface area contributed by atoms with Gasteiger partial charge in [0.05, 0.1) is 35.8 Å². The van der Waals surface area contributed by atoms with E-state index in [0.717, 1.165) is 5.69 Å². The molecule has 1 N–H and O–H groups in total. The number of ether oxygens (including phenoxy) is 1. The number of benzene rings is 1. The Labute approximate surface area is 131 Å². The third kappa shape index (κ3) is 2.89. The molecule has 0 saturated heterocycles. The van der Waals surface area contributed by atoms with Gasteiger partial charge >= 0.3 is 5.97 Å². The molecule has 2 heterocycles. The Hall–Kier alpha value is -3.22. The largest absolute Gasteiger partial charge is 0.497 e. The Kier molecular flexibility index (Phi) is 3.76. The van der Waals surface area contributed by atoms with E-state index in [9.17, 15) is 9.90 Å². The minimum absolute atomic E-state index is 0.177. The van der Waals surface area contributed by atoms with Gasteiger partial charge in [0.2, 0.25) is 0 Å². The number of carbonyl (C=O) groups is 1. The number of hydrogen-bond acceptors (Lipinski definition) is 5. The maximum atomic E-state index is 11.5. The van der Waals surface area contributed by atoms with Gasteiger partial charge in [0.15, 0.2) is 0 Å². The molecule has 3 aromatic rings. The van der Waals surface area contributed by atoms with E-state index >= 15 is 0 Å². The van der Waals surface area contributed by atoms with E-state index in [1.807, 2.05) is 0 Å². The highest BCUT2D eigenvalue weighted by Crippen LogP contribution is 2.24. The molecule has 0 fully saturated rings. The summed E-state index contributed by atoms with van der Waals surface area (Å²) in [5, 5.41) is 17.6. The van der Waals surface area contributed by atoms with Gasteiger partial charge in [0.25, 0.3) is 0 Å². The van der Waals surface area contributed by atoms with Crippen molar-refractivity contribution in [2.75, 3.05) is 7.11 Å². The lowest BCUT2D eigenvalue weighted by molar-refractivity contribution is 0.0699. The van der Waals surface area contributed by atoms with E-state index < -0.39 is 5.97 Å². The molecule has 23 heavy (non-hydrogen) atoms. The summed E-state index contributed by atoms with van der Waals surface area (Å²) >= 11 is 0. The molecule has 116 valence electrons. The molecule has 2 aromatic heterocycles. The van der Waals surface area contributed by atoms with Crippen LogP contribution in [0.4, 0.5) is 0 Å². The molecule has 0 aliphatic rings. The first-order chi connectivity index (χ1) is 11.1. The second-order valence-electron chi connectivity index (χ2n) is 4.90. The lowest BCUT2D eigenvalue weighted by Crippen LogP contribution is -2.00. The first-order valence-electron chi connectivity index (χ1n) is 6.83. The summed E-state index contributed by atoms with van der Waals surface area (Å²) in [4.78, 5) is 16.0. The van der Waals surface area contributed by atoms with Crippen LogP contribution in [0.3, 0.4) is 0 Å². The summed E-state index contributed by atoms with van der Waals surface area (Å²) in [7, 11) is 3.31. The topological polar surface area (TPSA) is 90.1 Å². The van der Waals surface area contributed by atoms with Crippen molar-refractivity contribution in [2.24, 2.45) is 7.05 Å². The number of methoxy groups -OCH3 is 1. The van der Waals surface area contributed by atoms with Gasteiger partial charge in [-0.2, -0.15) is 0 Å². The average Bonchev–Trinajstić information content (AvgIpc) is 2.96. The van der Waals surface area contributed by atoms with Crippen LogP contribution in [0.15, 0.2) is 30.5 Å². The van der Waals surface area contributed by atoms with E-state index in [2.05, 4.69) is 15.3 Å². The average molecular weight is 310 g/mol. The van der Waals surface area contributed by atoms with Crippen molar-refractivity contribution in [3.05, 3.63) is 47.4 Å². The zero-order valence-corrected chi connectivity index (χ0v) is 12.6. The standard InChI is InChI=1S/C16H14N4O3/c1-20-11(9-17-19-20)4-3-10-7-14(16(21)22)13-8-12(23-2)5-6-15(13)18-10/h3-9H,1-2H3,(H,21,22)/b4-3+. The van der Waals surface area contributed by atoms with E-state index in [1.165, 1.54) is 13.2 Å². The normalized spacial score (nSPS) is 11.2. The van der Waals surface area contributed by atoms with Crippen LogP contribution in [0.5, 0.6) is 5.75 Å². The fourth-order valence-corrected chi connectivity index (χ4v) is 2.23. The molecule has 0 saturated carbocycles. The number of aryl methyl sites for hydroxylation is 1. The highest BCUT2D eigenvalue weighted by molar-refractivity contribution is 6.03. The van der Waals surface area contributed by atoms with Crippen LogP contribution in [0.1, 0.15) is 21.7 Å². The molecule has 7 nitrogen and oxygen atoms in total. The summed E-state index contributed by atoms with van der Waals surface area (Å²) < 4.78 is 6.76. The quantitative estimate of drug-likeness (QED) is 0.795. The first-order valence-corrected chi connectivity index (χ1v) is 6.83. The maximum absolute atomic E-state index is 11.5. The first kappa shape index (κ1) is 14.7. The summed E-state index contributed by atoms with van der Waals surface area (Å²) in [5.41, 5.74) is 2.10. The van der Waals surface area contributed by atoms with Crippen molar-refractivity contribution < 1.29 is 14.6 Å². The van der Waals surface area contributed by atoms with E-state index in [0.29, 0.717) is 22.3 Å². The molecule has 0 bridgehead atoms. The maximum Gasteiger partial charge on any atom is 0.336 e. The molecule has 0 unspecified atom stereocenters. The van der Waals surface area contributed by atoms with Crippen molar-refractivity contribution in [3.8, 4) is 5.75 Å². The van der Waals surface area contributed by atoms with Gasteiger partial charge in [0.1, 0.15) is 5.75 Å². The monoisotopic (exact) mass is 310 g/mol. The summed E-state index contributed by atoms with van der Waals surface area (Å²) in [6.45, 7) is 0. The van der Waals surface area contributed by atoms with Crippen LogP contribution in [-0.2, 0) is 7.05 Å². The van der Waals surface area contributed by atoms with Gasteiger partial charge in [-0.25, -0.2) is 14.5 Å². The predicted octanol–water partition coefficient (Wildman–Crippen LogP) is 2.24. The number of fused-ring (bicyclic) bond motifs is 1. The van der Waals surface area contributed by atoms with Crippen molar-refractivity contribution in [2.45, 2.75) is 0 Å². The predicted molar refractivity (Wildman–Crippen MR) is 85.2 cm³/mol. The molecular weight excluding hydrogens is 296 g/mol. The molecule has 0 aliphatic heterocycles. The Bertz CT molecular complexity index is 915. The van der Waals surface area contributed by atoms with Gasteiger partial charge in [-0.3, -0.25) is 0 Å². The van der Waals surface area contributed by atoms with Crippen LogP contribution in [-0.4, -0.2) is 38.2 Å². The van der Waals surface area contributed by atoms with Crippen LogP contribution in [0.25, 0.3) is 23.1 Å². The highest BCUT2D eigenvalue weighted by atomic mass is 16.5. The summed E-state index contributed by atoms with van der Waals surface area (Å²) in [6, 6.07) is 6.69. The van der Waals surface area contributed by atoms with Crippen molar-refractivity contribution in [1.29, 1.82) is 0 Å². The van der Waals surface area contributed by atoms with Gasteiger partial charge in [-0.15, -0.1) is 5.10 Å². The molecule has 3 rings (SSSR count). The SMILES string of the molecule is COc1ccc2nc(/C=C/c3cnnn3C)cc(C(=O)O)c2c1. The summed E-state index contributed by atoms with van der Waals surface area (Å²) in [5.74, 6) is -0.423. The minimum atomic E-state index is -1.01. The molecular formula is C16H14N4O3. The minimum Gasteiger partial charge on any atom is -0.497 e. The number of hydrogen-bond donors (Lipinski definition) is 1. The number of nitrogens with zero attached hydrogens (tertiary/aromatic N) is 4. The number of aromatic carboxylic acids is 1. The zero-order chi connectivity index (χ0) is 16.4. The molecule has 1 aromatic carbocycles. The van der Waals surface area contributed by atoms with Crippen molar-refractivity contribution in [1.82, 2.24) is 20.0 Å². The highest BCUT2D eigenvalue weighted by Gasteiger charge is 2.12. The smallest absolute Gasteiger partial charge is 0.336 e.